The summed E-state index contributed by atoms with van der Waals surface area (Å²) in [5.41, 5.74) is 0. The average Bonchev–Trinajstić information content (AvgIpc) is 2.32. The minimum absolute atomic E-state index is 0.0361. The van der Waals surface area contributed by atoms with E-state index in [2.05, 4.69) is 4.98 Å². The standard InChI is InChI=1S/C6H9ClN2O2S2/c1-9(2)4-5-3-8-6(12-5)13(7,10)11/h3H,4H2,1-2H3. The van der Waals surface area contributed by atoms with Crippen LogP contribution in [0.1, 0.15) is 4.88 Å². The Labute approximate surface area is 85.6 Å². The molecule has 13 heavy (non-hydrogen) atoms. The van der Waals surface area contributed by atoms with Crippen LogP contribution in [0.5, 0.6) is 0 Å². The zero-order chi connectivity index (χ0) is 10.1. The largest absolute Gasteiger partial charge is 0.304 e. The van der Waals surface area contributed by atoms with Crippen LogP contribution in [-0.2, 0) is 15.6 Å². The molecule has 0 bridgehead atoms. The summed E-state index contributed by atoms with van der Waals surface area (Å²) in [4.78, 5) is 6.52. The molecular weight excluding hydrogens is 232 g/mol. The van der Waals surface area contributed by atoms with Gasteiger partial charge >= 0.3 is 0 Å². The summed E-state index contributed by atoms with van der Waals surface area (Å²) in [6, 6.07) is 0. The first-order valence-electron chi connectivity index (χ1n) is 3.43. The molecule has 0 unspecified atom stereocenters. The summed E-state index contributed by atoms with van der Waals surface area (Å²) < 4.78 is 21.6. The molecule has 0 radical (unpaired) electrons. The van der Waals surface area contributed by atoms with Gasteiger partial charge in [-0.2, -0.15) is 0 Å². The van der Waals surface area contributed by atoms with Crippen molar-refractivity contribution >= 4 is 31.1 Å². The molecule has 1 heterocycles. The zero-order valence-electron chi connectivity index (χ0n) is 7.19. The van der Waals surface area contributed by atoms with Crippen LogP contribution in [0.15, 0.2) is 10.5 Å². The third-order valence-corrected chi connectivity index (χ3v) is 4.13. The van der Waals surface area contributed by atoms with E-state index in [0.29, 0.717) is 6.54 Å². The second kappa shape index (κ2) is 3.91. The van der Waals surface area contributed by atoms with Crippen molar-refractivity contribution in [1.82, 2.24) is 9.88 Å². The smallest absolute Gasteiger partial charge is 0.288 e. The second-order valence-corrected chi connectivity index (χ2v) is 6.62. The van der Waals surface area contributed by atoms with Gasteiger partial charge in [-0.05, 0) is 14.1 Å². The molecule has 0 N–H and O–H groups in total. The van der Waals surface area contributed by atoms with Crippen molar-refractivity contribution in [2.24, 2.45) is 0 Å². The Kier molecular flexibility index (Phi) is 3.28. The summed E-state index contributed by atoms with van der Waals surface area (Å²) in [7, 11) is 5.25. The zero-order valence-corrected chi connectivity index (χ0v) is 9.58. The average molecular weight is 241 g/mol. The lowest BCUT2D eigenvalue weighted by atomic mass is 10.5. The molecular formula is C6H9ClN2O2S2. The lowest BCUT2D eigenvalue weighted by molar-refractivity contribution is 0.406. The van der Waals surface area contributed by atoms with Crippen LogP contribution in [0.3, 0.4) is 0 Å². The lowest BCUT2D eigenvalue weighted by Crippen LogP contribution is -2.09. The second-order valence-electron chi connectivity index (χ2n) is 2.77. The number of aromatic nitrogens is 1. The first-order chi connectivity index (χ1) is 5.89. The van der Waals surface area contributed by atoms with Gasteiger partial charge in [0, 0.05) is 28.3 Å². The first kappa shape index (κ1) is 10.9. The maximum atomic E-state index is 10.8. The van der Waals surface area contributed by atoms with E-state index in [4.69, 9.17) is 10.7 Å². The van der Waals surface area contributed by atoms with Crippen LogP contribution in [0.25, 0.3) is 0 Å². The Balaban J connectivity index is 2.88. The van der Waals surface area contributed by atoms with E-state index in [1.54, 1.807) is 0 Å². The molecule has 0 saturated heterocycles. The highest BCUT2D eigenvalue weighted by atomic mass is 35.7. The number of hydrogen-bond donors (Lipinski definition) is 0. The minimum atomic E-state index is -3.66. The van der Waals surface area contributed by atoms with Gasteiger partial charge in [0.1, 0.15) is 0 Å². The number of halogens is 1. The van der Waals surface area contributed by atoms with Gasteiger partial charge in [-0.25, -0.2) is 13.4 Å². The third kappa shape index (κ3) is 3.22. The topological polar surface area (TPSA) is 50.3 Å². The Morgan fingerprint density at radius 2 is 2.23 bits per heavy atom. The van der Waals surface area contributed by atoms with Crippen molar-refractivity contribution in [1.29, 1.82) is 0 Å². The summed E-state index contributed by atoms with van der Waals surface area (Å²) in [6.07, 6.45) is 1.53. The number of thiazole rings is 1. The van der Waals surface area contributed by atoms with Crippen molar-refractivity contribution in [3.05, 3.63) is 11.1 Å². The Bertz CT molecular complexity index is 385. The van der Waals surface area contributed by atoms with Gasteiger partial charge in [0.25, 0.3) is 9.05 Å². The maximum Gasteiger partial charge on any atom is 0.288 e. The van der Waals surface area contributed by atoms with Crippen molar-refractivity contribution in [3.8, 4) is 0 Å². The predicted molar refractivity (Wildman–Crippen MR) is 52.5 cm³/mol. The van der Waals surface area contributed by atoms with Gasteiger partial charge in [-0.1, -0.05) is 0 Å². The van der Waals surface area contributed by atoms with Crippen molar-refractivity contribution < 1.29 is 8.42 Å². The van der Waals surface area contributed by atoms with E-state index < -0.39 is 9.05 Å². The number of nitrogens with zero attached hydrogens (tertiary/aromatic N) is 2. The molecule has 0 aliphatic rings. The third-order valence-electron chi connectivity index (χ3n) is 1.21. The Hall–Kier alpha value is -0.170. The van der Waals surface area contributed by atoms with Crippen LogP contribution in [-0.4, -0.2) is 32.4 Å². The molecule has 1 aromatic heterocycles. The molecule has 0 atom stereocenters. The highest BCUT2D eigenvalue weighted by molar-refractivity contribution is 8.14. The van der Waals surface area contributed by atoms with Gasteiger partial charge in [0.2, 0.25) is 4.34 Å². The Morgan fingerprint density at radius 1 is 1.62 bits per heavy atom. The molecule has 0 aliphatic carbocycles. The summed E-state index contributed by atoms with van der Waals surface area (Å²) in [5, 5.41) is 0. The lowest BCUT2D eigenvalue weighted by Gasteiger charge is -2.04. The van der Waals surface area contributed by atoms with Crippen LogP contribution in [0, 0.1) is 0 Å². The van der Waals surface area contributed by atoms with Crippen molar-refractivity contribution in [3.63, 3.8) is 0 Å². The number of rotatable bonds is 3. The minimum Gasteiger partial charge on any atom is -0.304 e. The molecule has 74 valence electrons. The molecule has 0 spiro atoms. The van der Waals surface area contributed by atoms with E-state index in [-0.39, 0.29) is 4.34 Å². The van der Waals surface area contributed by atoms with E-state index in [9.17, 15) is 8.42 Å². The fraction of sp³-hybridized carbons (Fsp3) is 0.500. The summed E-state index contributed by atoms with van der Waals surface area (Å²) in [5.74, 6) is 0. The van der Waals surface area contributed by atoms with E-state index >= 15 is 0 Å². The normalized spacial score (nSPS) is 12.3. The fourth-order valence-electron chi connectivity index (χ4n) is 0.787. The van der Waals surface area contributed by atoms with Gasteiger partial charge in [-0.3, -0.25) is 0 Å². The van der Waals surface area contributed by atoms with Crippen LogP contribution in [0.4, 0.5) is 0 Å². The summed E-state index contributed by atoms with van der Waals surface area (Å²) in [6.45, 7) is 0.671. The molecule has 1 rings (SSSR count). The number of hydrogen-bond acceptors (Lipinski definition) is 5. The monoisotopic (exact) mass is 240 g/mol. The predicted octanol–water partition coefficient (Wildman–Crippen LogP) is 1.13. The molecule has 0 fully saturated rings. The molecule has 0 amide bonds. The SMILES string of the molecule is CN(C)Cc1cnc(S(=O)(=O)Cl)s1. The first-order valence-corrected chi connectivity index (χ1v) is 6.56. The van der Waals surface area contributed by atoms with E-state index in [1.165, 1.54) is 6.20 Å². The van der Waals surface area contributed by atoms with Gasteiger partial charge in [0.15, 0.2) is 0 Å². The molecule has 1 aromatic rings. The van der Waals surface area contributed by atoms with Crippen LogP contribution < -0.4 is 0 Å². The fourth-order valence-corrected chi connectivity index (χ4v) is 2.85. The van der Waals surface area contributed by atoms with Crippen LogP contribution >= 0.6 is 22.0 Å². The van der Waals surface area contributed by atoms with Gasteiger partial charge in [0.05, 0.1) is 0 Å². The van der Waals surface area contributed by atoms with Gasteiger partial charge < -0.3 is 4.90 Å². The van der Waals surface area contributed by atoms with Crippen LogP contribution in [0.2, 0.25) is 0 Å². The highest BCUT2D eigenvalue weighted by Crippen LogP contribution is 2.21. The van der Waals surface area contributed by atoms with Crippen molar-refractivity contribution in [2.45, 2.75) is 10.9 Å². The molecule has 7 heteroatoms. The molecule has 0 aromatic carbocycles. The molecule has 0 saturated carbocycles. The highest BCUT2D eigenvalue weighted by Gasteiger charge is 2.15. The molecule has 0 aliphatic heterocycles. The quantitative estimate of drug-likeness (QED) is 0.744. The maximum absolute atomic E-state index is 10.8. The van der Waals surface area contributed by atoms with Crippen molar-refractivity contribution in [2.75, 3.05) is 14.1 Å². The Morgan fingerprint density at radius 3 is 2.62 bits per heavy atom. The van der Waals surface area contributed by atoms with E-state index in [0.717, 1.165) is 16.2 Å². The van der Waals surface area contributed by atoms with Gasteiger partial charge in [-0.15, -0.1) is 11.3 Å². The summed E-state index contributed by atoms with van der Waals surface area (Å²) >= 11 is 1.10. The van der Waals surface area contributed by atoms with E-state index in [1.807, 2.05) is 19.0 Å². The molecule has 4 nitrogen and oxygen atoms in total.